The molecule has 0 heterocycles. The van der Waals surface area contributed by atoms with Crippen LogP contribution in [-0.4, -0.2) is 50.2 Å². The van der Waals surface area contributed by atoms with Crippen molar-refractivity contribution in [2.45, 2.75) is 25.9 Å². The molecule has 7 nitrogen and oxygen atoms in total. The molecule has 1 amide bonds. The van der Waals surface area contributed by atoms with Crippen LogP contribution in [0.25, 0.3) is 0 Å². The minimum Gasteiger partial charge on any atom is -0.449 e. The van der Waals surface area contributed by atoms with Crippen molar-refractivity contribution in [2.24, 2.45) is 5.92 Å². The standard InChI is InChI=1S/C9H18N2O5S/c1-3-16-9(13)10-17(14,15)11(2)6-7-4-8(12)5-7/h7-8,12H,3-6H2,1-2H3,(H,10,13). The van der Waals surface area contributed by atoms with Crippen LogP contribution in [0.4, 0.5) is 4.79 Å². The van der Waals surface area contributed by atoms with Crippen LogP contribution in [0.5, 0.6) is 0 Å². The van der Waals surface area contributed by atoms with Crippen LogP contribution in [0.1, 0.15) is 19.8 Å². The summed E-state index contributed by atoms with van der Waals surface area (Å²) in [6, 6.07) is 0. The SMILES string of the molecule is CCOC(=O)NS(=O)(=O)N(C)CC1CC(O)C1. The molecule has 0 aliphatic heterocycles. The lowest BCUT2D eigenvalue weighted by atomic mass is 9.82. The number of aliphatic hydroxyl groups excluding tert-OH is 1. The molecule has 0 spiro atoms. The highest BCUT2D eigenvalue weighted by Crippen LogP contribution is 2.27. The lowest BCUT2D eigenvalue weighted by Gasteiger charge is -2.33. The van der Waals surface area contributed by atoms with Gasteiger partial charge in [0.2, 0.25) is 0 Å². The van der Waals surface area contributed by atoms with Gasteiger partial charge >= 0.3 is 16.3 Å². The lowest BCUT2D eigenvalue weighted by Crippen LogP contribution is -2.46. The Bertz CT molecular complexity index is 364. The zero-order chi connectivity index (χ0) is 13.1. The predicted molar refractivity (Wildman–Crippen MR) is 60.4 cm³/mol. The normalized spacial score (nSPS) is 24.2. The van der Waals surface area contributed by atoms with Crippen LogP contribution in [0.15, 0.2) is 0 Å². The van der Waals surface area contributed by atoms with Crippen molar-refractivity contribution in [1.82, 2.24) is 9.03 Å². The average molecular weight is 266 g/mol. The van der Waals surface area contributed by atoms with Crippen LogP contribution < -0.4 is 4.72 Å². The van der Waals surface area contributed by atoms with Crippen LogP contribution in [-0.2, 0) is 14.9 Å². The van der Waals surface area contributed by atoms with Gasteiger partial charge in [-0.25, -0.2) is 9.52 Å². The van der Waals surface area contributed by atoms with Gasteiger partial charge in [-0.1, -0.05) is 0 Å². The maximum atomic E-state index is 11.6. The van der Waals surface area contributed by atoms with E-state index in [-0.39, 0.29) is 25.2 Å². The van der Waals surface area contributed by atoms with E-state index in [0.717, 1.165) is 4.31 Å². The second-order valence-electron chi connectivity index (χ2n) is 4.10. The molecule has 1 aliphatic carbocycles. The van der Waals surface area contributed by atoms with E-state index in [2.05, 4.69) is 4.74 Å². The summed E-state index contributed by atoms with van der Waals surface area (Å²) >= 11 is 0. The summed E-state index contributed by atoms with van der Waals surface area (Å²) in [4.78, 5) is 11.0. The maximum absolute atomic E-state index is 11.6. The Hall–Kier alpha value is -0.860. The summed E-state index contributed by atoms with van der Waals surface area (Å²) in [6.45, 7) is 1.98. The monoisotopic (exact) mass is 266 g/mol. The highest BCUT2D eigenvalue weighted by molar-refractivity contribution is 7.87. The minimum atomic E-state index is -3.84. The third kappa shape index (κ3) is 4.14. The number of nitrogens with zero attached hydrogens (tertiary/aromatic N) is 1. The highest BCUT2D eigenvalue weighted by atomic mass is 32.2. The summed E-state index contributed by atoms with van der Waals surface area (Å²) in [5.41, 5.74) is 0. The molecule has 0 aromatic rings. The topological polar surface area (TPSA) is 95.9 Å². The quantitative estimate of drug-likeness (QED) is 0.711. The van der Waals surface area contributed by atoms with Gasteiger partial charge in [-0.2, -0.15) is 12.7 Å². The Balaban J connectivity index is 2.43. The van der Waals surface area contributed by atoms with Crippen LogP contribution in [0.3, 0.4) is 0 Å². The summed E-state index contributed by atoms with van der Waals surface area (Å²) in [6.07, 6.45) is -0.111. The first-order valence-corrected chi connectivity index (χ1v) is 6.88. The van der Waals surface area contributed by atoms with Crippen LogP contribution >= 0.6 is 0 Å². The molecule has 0 radical (unpaired) electrons. The molecule has 1 aliphatic rings. The van der Waals surface area contributed by atoms with Crippen molar-refractivity contribution in [2.75, 3.05) is 20.2 Å². The molecule has 0 atom stereocenters. The lowest BCUT2D eigenvalue weighted by molar-refractivity contribution is 0.0366. The summed E-state index contributed by atoms with van der Waals surface area (Å²) in [7, 11) is -2.46. The van der Waals surface area contributed by atoms with Gasteiger partial charge in [0.15, 0.2) is 0 Å². The van der Waals surface area contributed by atoms with E-state index in [9.17, 15) is 13.2 Å². The number of ether oxygens (including phenoxy) is 1. The van der Waals surface area contributed by atoms with Crippen LogP contribution in [0, 0.1) is 5.92 Å². The first kappa shape index (κ1) is 14.2. The van der Waals surface area contributed by atoms with Gasteiger partial charge in [0.1, 0.15) is 0 Å². The minimum absolute atomic E-state index is 0.111. The Labute approximate surface area is 101 Å². The number of nitrogens with one attached hydrogen (secondary N) is 1. The van der Waals surface area contributed by atoms with Crippen molar-refractivity contribution >= 4 is 16.3 Å². The number of carbonyl (C=O) groups excluding carboxylic acids is 1. The molecule has 8 heteroatoms. The number of hydrogen-bond donors (Lipinski definition) is 2. The first-order chi connectivity index (χ1) is 7.85. The Morgan fingerprint density at radius 1 is 1.53 bits per heavy atom. The van der Waals surface area contributed by atoms with Gasteiger partial charge in [0.05, 0.1) is 12.7 Å². The molecule has 0 saturated heterocycles. The van der Waals surface area contributed by atoms with Crippen molar-refractivity contribution in [1.29, 1.82) is 0 Å². The van der Waals surface area contributed by atoms with Crippen LogP contribution in [0.2, 0.25) is 0 Å². The molecule has 0 aromatic heterocycles. The molecular weight excluding hydrogens is 248 g/mol. The van der Waals surface area contributed by atoms with E-state index < -0.39 is 16.3 Å². The number of aliphatic hydroxyl groups is 1. The maximum Gasteiger partial charge on any atom is 0.421 e. The molecule has 0 aromatic carbocycles. The van der Waals surface area contributed by atoms with Gasteiger partial charge in [0, 0.05) is 13.6 Å². The zero-order valence-electron chi connectivity index (χ0n) is 9.92. The van der Waals surface area contributed by atoms with Crippen molar-refractivity contribution < 1.29 is 23.1 Å². The average Bonchev–Trinajstić information content (AvgIpc) is 2.14. The number of carbonyl (C=O) groups is 1. The number of hydrogen-bond acceptors (Lipinski definition) is 5. The van der Waals surface area contributed by atoms with E-state index >= 15 is 0 Å². The smallest absolute Gasteiger partial charge is 0.421 e. The number of amides is 1. The Morgan fingerprint density at radius 2 is 2.12 bits per heavy atom. The summed E-state index contributed by atoms with van der Waals surface area (Å²) < 4.78 is 30.6. The van der Waals surface area contributed by atoms with E-state index in [1.54, 1.807) is 11.6 Å². The Kier molecular flexibility index (Phi) is 4.72. The fourth-order valence-electron chi connectivity index (χ4n) is 1.66. The molecule has 2 N–H and O–H groups in total. The van der Waals surface area contributed by atoms with Crippen molar-refractivity contribution in [3.05, 3.63) is 0 Å². The summed E-state index contributed by atoms with van der Waals surface area (Å²) in [5.74, 6) is 0.147. The van der Waals surface area contributed by atoms with E-state index in [1.807, 2.05) is 0 Å². The zero-order valence-corrected chi connectivity index (χ0v) is 10.7. The molecule has 1 rings (SSSR count). The number of rotatable bonds is 5. The second-order valence-corrected chi connectivity index (χ2v) is 5.88. The summed E-state index contributed by atoms with van der Waals surface area (Å²) in [5, 5.41) is 9.09. The molecule has 1 fully saturated rings. The fraction of sp³-hybridized carbons (Fsp3) is 0.889. The van der Waals surface area contributed by atoms with Gasteiger partial charge in [-0.3, -0.25) is 0 Å². The van der Waals surface area contributed by atoms with Crippen molar-refractivity contribution in [3.8, 4) is 0 Å². The highest BCUT2D eigenvalue weighted by Gasteiger charge is 2.31. The third-order valence-corrected chi connectivity index (χ3v) is 4.02. The predicted octanol–water partition coefficient (Wildman–Crippen LogP) is -0.320. The van der Waals surface area contributed by atoms with E-state index in [4.69, 9.17) is 5.11 Å². The second kappa shape index (κ2) is 5.65. The third-order valence-electron chi connectivity index (χ3n) is 2.62. The van der Waals surface area contributed by atoms with E-state index in [1.165, 1.54) is 7.05 Å². The molecular formula is C9H18N2O5S. The van der Waals surface area contributed by atoms with Gasteiger partial charge in [-0.15, -0.1) is 0 Å². The molecule has 17 heavy (non-hydrogen) atoms. The van der Waals surface area contributed by atoms with Crippen molar-refractivity contribution in [3.63, 3.8) is 0 Å². The molecule has 1 saturated carbocycles. The largest absolute Gasteiger partial charge is 0.449 e. The molecule has 100 valence electrons. The Morgan fingerprint density at radius 3 is 2.59 bits per heavy atom. The van der Waals surface area contributed by atoms with Gasteiger partial charge < -0.3 is 9.84 Å². The first-order valence-electron chi connectivity index (χ1n) is 5.44. The van der Waals surface area contributed by atoms with Gasteiger partial charge in [-0.05, 0) is 25.7 Å². The fourth-order valence-corrected chi connectivity index (χ4v) is 2.49. The van der Waals surface area contributed by atoms with Gasteiger partial charge in [0.25, 0.3) is 0 Å². The van der Waals surface area contributed by atoms with E-state index in [0.29, 0.717) is 12.8 Å². The molecule has 0 unspecified atom stereocenters. The molecule has 0 bridgehead atoms.